The molecule has 66 valence electrons. The number of rotatable bonds is 4. The van der Waals surface area contributed by atoms with Gasteiger partial charge in [0, 0.05) is 6.42 Å². The molecule has 0 fully saturated rings. The molecule has 1 atom stereocenters. The maximum atomic E-state index is 10.9. The van der Waals surface area contributed by atoms with Crippen molar-refractivity contribution in [1.29, 1.82) is 0 Å². The van der Waals surface area contributed by atoms with Crippen molar-refractivity contribution >= 4 is 17.6 Å². The van der Waals surface area contributed by atoms with Crippen LogP contribution in [0.25, 0.3) is 0 Å². The lowest BCUT2D eigenvalue weighted by Crippen LogP contribution is -2.09. The molecule has 3 heteroatoms. The Kier molecular flexibility index (Phi) is 5.30. The van der Waals surface area contributed by atoms with Gasteiger partial charge in [0.05, 0.1) is 0 Å². The number of carbonyl (C=O) groups is 1. The third-order valence-corrected chi connectivity index (χ3v) is 1.31. The summed E-state index contributed by atoms with van der Waals surface area (Å²) in [6, 6.07) is 0. The molecule has 0 heterocycles. The van der Waals surface area contributed by atoms with E-state index in [1.165, 1.54) is 0 Å². The molecular formula is C8H15ClO2. The Hall–Kier alpha value is -0.240. The smallest absolute Gasteiger partial charge is 0.307 e. The normalized spacial score (nSPS) is 13.2. The van der Waals surface area contributed by atoms with E-state index in [1.54, 1.807) is 6.92 Å². The third kappa shape index (κ3) is 7.66. The van der Waals surface area contributed by atoms with Crippen molar-refractivity contribution in [3.63, 3.8) is 0 Å². The maximum absolute atomic E-state index is 10.9. The van der Waals surface area contributed by atoms with Gasteiger partial charge in [-0.05, 0) is 19.3 Å². The van der Waals surface area contributed by atoms with E-state index in [2.05, 4.69) is 13.8 Å². The summed E-state index contributed by atoms with van der Waals surface area (Å²) in [5, 5.41) is 0. The van der Waals surface area contributed by atoms with Crippen LogP contribution in [-0.2, 0) is 9.53 Å². The van der Waals surface area contributed by atoms with E-state index in [1.807, 2.05) is 0 Å². The molecule has 0 rings (SSSR count). The second-order valence-electron chi connectivity index (χ2n) is 2.97. The van der Waals surface area contributed by atoms with Gasteiger partial charge < -0.3 is 4.74 Å². The van der Waals surface area contributed by atoms with E-state index in [9.17, 15) is 4.79 Å². The fourth-order valence-corrected chi connectivity index (χ4v) is 0.746. The summed E-state index contributed by atoms with van der Waals surface area (Å²) >= 11 is 5.44. The lowest BCUT2D eigenvalue weighted by molar-refractivity contribution is -0.145. The molecule has 0 aromatic carbocycles. The van der Waals surface area contributed by atoms with Crippen molar-refractivity contribution in [3.05, 3.63) is 0 Å². The van der Waals surface area contributed by atoms with Crippen LogP contribution in [0.1, 0.15) is 33.6 Å². The molecule has 1 unspecified atom stereocenters. The van der Waals surface area contributed by atoms with E-state index in [4.69, 9.17) is 16.3 Å². The summed E-state index contributed by atoms with van der Waals surface area (Å²) in [5.41, 5.74) is -0.505. The largest absolute Gasteiger partial charge is 0.446 e. The van der Waals surface area contributed by atoms with Crippen LogP contribution in [0.15, 0.2) is 0 Å². The summed E-state index contributed by atoms with van der Waals surface area (Å²) in [6.45, 7) is 5.77. The molecule has 0 aromatic rings. The second kappa shape index (κ2) is 5.42. The molecule has 0 spiro atoms. The molecule has 11 heavy (non-hydrogen) atoms. The molecule has 0 amide bonds. The molecule has 2 nitrogen and oxygen atoms in total. The Balaban J connectivity index is 3.38. The lowest BCUT2D eigenvalue weighted by Gasteiger charge is -2.06. The fourth-order valence-electron chi connectivity index (χ4n) is 0.647. The minimum atomic E-state index is -0.505. The predicted octanol–water partition coefficient (Wildman–Crippen LogP) is 2.55. The molecule has 0 aromatic heterocycles. The Morgan fingerprint density at radius 2 is 2.00 bits per heavy atom. The first-order valence-electron chi connectivity index (χ1n) is 3.86. The highest BCUT2D eigenvalue weighted by Gasteiger charge is 2.06. The summed E-state index contributed by atoms with van der Waals surface area (Å²) in [6.07, 6.45) is 1.33. The van der Waals surface area contributed by atoms with Gasteiger partial charge in [0.25, 0.3) is 0 Å². The first-order valence-corrected chi connectivity index (χ1v) is 4.29. The van der Waals surface area contributed by atoms with Crippen LogP contribution in [0.5, 0.6) is 0 Å². The topological polar surface area (TPSA) is 26.3 Å². The van der Waals surface area contributed by atoms with Gasteiger partial charge in [-0.2, -0.15) is 0 Å². The number of hydrogen-bond donors (Lipinski definition) is 0. The number of ether oxygens (including phenoxy) is 1. The van der Waals surface area contributed by atoms with Crippen molar-refractivity contribution < 1.29 is 9.53 Å². The summed E-state index contributed by atoms with van der Waals surface area (Å²) in [4.78, 5) is 10.9. The zero-order valence-corrected chi connectivity index (χ0v) is 8.02. The van der Waals surface area contributed by atoms with Crippen molar-refractivity contribution in [2.24, 2.45) is 5.92 Å². The van der Waals surface area contributed by atoms with Crippen LogP contribution < -0.4 is 0 Å². The highest BCUT2D eigenvalue weighted by Crippen LogP contribution is 2.06. The average Bonchev–Trinajstić information content (AvgIpc) is 1.82. The van der Waals surface area contributed by atoms with E-state index in [-0.39, 0.29) is 5.97 Å². The highest BCUT2D eigenvalue weighted by atomic mass is 35.5. The minimum absolute atomic E-state index is 0.207. The molecular weight excluding hydrogens is 164 g/mol. The van der Waals surface area contributed by atoms with Gasteiger partial charge in [-0.15, -0.1) is 0 Å². The minimum Gasteiger partial charge on any atom is -0.446 e. The molecule has 0 aliphatic heterocycles. The van der Waals surface area contributed by atoms with E-state index in [0.29, 0.717) is 12.3 Å². The van der Waals surface area contributed by atoms with Gasteiger partial charge >= 0.3 is 5.97 Å². The van der Waals surface area contributed by atoms with E-state index < -0.39 is 5.56 Å². The summed E-state index contributed by atoms with van der Waals surface area (Å²) in [5.74, 6) is 0.328. The standard InChI is InChI=1S/C8H15ClO2/c1-6(2)4-5-8(10)11-7(3)9/h6-7H,4-5H2,1-3H3. The summed E-state index contributed by atoms with van der Waals surface area (Å²) < 4.78 is 4.73. The predicted molar refractivity (Wildman–Crippen MR) is 45.5 cm³/mol. The fraction of sp³-hybridized carbons (Fsp3) is 0.875. The van der Waals surface area contributed by atoms with Crippen molar-refractivity contribution in [1.82, 2.24) is 0 Å². The van der Waals surface area contributed by atoms with Gasteiger partial charge in [-0.1, -0.05) is 25.4 Å². The zero-order valence-electron chi connectivity index (χ0n) is 7.26. The zero-order chi connectivity index (χ0) is 8.85. The van der Waals surface area contributed by atoms with Gasteiger partial charge in [0.15, 0.2) is 5.56 Å². The van der Waals surface area contributed by atoms with Crippen LogP contribution in [-0.4, -0.2) is 11.5 Å². The van der Waals surface area contributed by atoms with Crippen molar-refractivity contribution in [2.45, 2.75) is 39.2 Å². The molecule has 0 saturated carbocycles. The SMILES string of the molecule is CC(C)CCC(=O)OC(C)Cl. The molecule has 0 aliphatic rings. The van der Waals surface area contributed by atoms with Crippen molar-refractivity contribution in [3.8, 4) is 0 Å². The summed E-state index contributed by atoms with van der Waals surface area (Å²) in [7, 11) is 0. The second-order valence-corrected chi connectivity index (χ2v) is 3.58. The molecule has 0 aliphatic carbocycles. The van der Waals surface area contributed by atoms with Crippen LogP contribution in [0.2, 0.25) is 0 Å². The third-order valence-electron chi connectivity index (χ3n) is 1.22. The monoisotopic (exact) mass is 178 g/mol. The Labute approximate surface area is 72.9 Å². The Morgan fingerprint density at radius 3 is 2.36 bits per heavy atom. The Bertz CT molecular complexity index is 121. The van der Waals surface area contributed by atoms with Crippen molar-refractivity contribution in [2.75, 3.05) is 0 Å². The first kappa shape index (κ1) is 10.8. The highest BCUT2D eigenvalue weighted by molar-refractivity contribution is 6.19. The van der Waals surface area contributed by atoms with Gasteiger partial charge in [0.2, 0.25) is 0 Å². The number of hydrogen-bond acceptors (Lipinski definition) is 2. The Morgan fingerprint density at radius 1 is 1.45 bits per heavy atom. The number of halogens is 1. The molecule has 0 radical (unpaired) electrons. The van der Waals surface area contributed by atoms with Crippen LogP contribution >= 0.6 is 11.6 Å². The molecule has 0 N–H and O–H groups in total. The quantitative estimate of drug-likeness (QED) is 0.489. The number of carbonyl (C=O) groups excluding carboxylic acids is 1. The van der Waals surface area contributed by atoms with Gasteiger partial charge in [-0.25, -0.2) is 0 Å². The van der Waals surface area contributed by atoms with E-state index >= 15 is 0 Å². The first-order chi connectivity index (χ1) is 5.02. The van der Waals surface area contributed by atoms with Gasteiger partial charge in [0.1, 0.15) is 0 Å². The average molecular weight is 179 g/mol. The van der Waals surface area contributed by atoms with Crippen LogP contribution in [0.4, 0.5) is 0 Å². The van der Waals surface area contributed by atoms with Crippen LogP contribution in [0.3, 0.4) is 0 Å². The number of alkyl halides is 1. The van der Waals surface area contributed by atoms with Gasteiger partial charge in [-0.3, -0.25) is 4.79 Å². The number of esters is 1. The molecule has 0 saturated heterocycles. The van der Waals surface area contributed by atoms with Crippen LogP contribution in [0, 0.1) is 5.92 Å². The lowest BCUT2D eigenvalue weighted by atomic mass is 10.1. The molecule has 0 bridgehead atoms. The van der Waals surface area contributed by atoms with E-state index in [0.717, 1.165) is 6.42 Å². The maximum Gasteiger partial charge on any atom is 0.307 e.